The lowest BCUT2D eigenvalue weighted by molar-refractivity contribution is 0.823. The second-order valence-corrected chi connectivity index (χ2v) is 12.2. The lowest BCUT2D eigenvalue weighted by Gasteiger charge is -2.40. The Bertz CT molecular complexity index is 1930. The molecule has 0 bridgehead atoms. The highest BCUT2D eigenvalue weighted by molar-refractivity contribution is 6.98. The van der Waals surface area contributed by atoms with E-state index in [2.05, 4.69) is 165 Å². The van der Waals surface area contributed by atoms with Crippen LogP contribution in [0, 0.1) is 20.8 Å². The fraction of sp³-hybridized carbons (Fsp3) is 0.143. The molecule has 1 aliphatic rings. The highest BCUT2D eigenvalue weighted by Gasteiger charge is 2.38. The molecule has 1 nitrogen and oxygen atoms in total. The van der Waals surface area contributed by atoms with Crippen molar-refractivity contribution >= 4 is 40.2 Å². The predicted octanol–water partition coefficient (Wildman–Crippen LogP) is 8.75. The number of anilines is 3. The minimum Gasteiger partial charge on any atom is -0.311 e. The molecular weight excluding hydrogens is 529 g/mol. The molecule has 0 atom stereocenters. The van der Waals surface area contributed by atoms with Gasteiger partial charge in [0.25, 0.3) is 0 Å². The molecule has 0 fully saturated rings. The van der Waals surface area contributed by atoms with E-state index in [-0.39, 0.29) is 6.71 Å². The molecule has 44 heavy (non-hydrogen) atoms. The lowest BCUT2D eigenvalue weighted by Crippen LogP contribution is -2.59. The minimum atomic E-state index is 0.151. The van der Waals surface area contributed by atoms with Crippen molar-refractivity contribution in [1.82, 2.24) is 0 Å². The Morgan fingerprint density at radius 2 is 1.18 bits per heavy atom. The normalized spacial score (nSPS) is 12.2. The van der Waals surface area contributed by atoms with Gasteiger partial charge in [-0.2, -0.15) is 0 Å². The van der Waals surface area contributed by atoms with Crippen LogP contribution in [0.3, 0.4) is 0 Å². The van der Waals surface area contributed by atoms with Gasteiger partial charge in [0.15, 0.2) is 0 Å². The Labute approximate surface area is 262 Å². The van der Waals surface area contributed by atoms with Crippen LogP contribution in [-0.4, -0.2) is 6.71 Å². The van der Waals surface area contributed by atoms with Gasteiger partial charge in [-0.3, -0.25) is 0 Å². The lowest BCUT2D eigenvalue weighted by atomic mass is 9.33. The van der Waals surface area contributed by atoms with Crippen molar-refractivity contribution in [1.29, 1.82) is 0 Å². The van der Waals surface area contributed by atoms with Crippen LogP contribution >= 0.6 is 0 Å². The summed E-state index contributed by atoms with van der Waals surface area (Å²) < 4.78 is 0. The van der Waals surface area contributed by atoms with Crippen LogP contribution in [0.25, 0.3) is 11.1 Å². The van der Waals surface area contributed by atoms with Crippen LogP contribution in [0.5, 0.6) is 0 Å². The van der Waals surface area contributed by atoms with E-state index in [1.165, 1.54) is 72.4 Å². The smallest absolute Gasteiger partial charge is 0.247 e. The van der Waals surface area contributed by atoms with Crippen LogP contribution in [-0.2, 0) is 12.8 Å². The van der Waals surface area contributed by atoms with Gasteiger partial charge in [0.1, 0.15) is 0 Å². The molecule has 1 heterocycles. The number of benzene rings is 6. The predicted molar refractivity (Wildman–Crippen MR) is 190 cm³/mol. The third-order valence-electron chi connectivity index (χ3n) is 9.23. The van der Waals surface area contributed by atoms with Crippen LogP contribution < -0.4 is 21.3 Å². The molecule has 2 heteroatoms. The molecule has 1 aliphatic heterocycles. The van der Waals surface area contributed by atoms with E-state index < -0.39 is 0 Å². The van der Waals surface area contributed by atoms with Gasteiger partial charge in [-0.25, -0.2) is 0 Å². The molecule has 0 spiro atoms. The summed E-state index contributed by atoms with van der Waals surface area (Å²) in [4.78, 5) is 2.55. The molecule has 0 aromatic heterocycles. The van der Waals surface area contributed by atoms with Crippen molar-refractivity contribution in [2.75, 3.05) is 4.90 Å². The molecule has 214 valence electrons. The van der Waals surface area contributed by atoms with Crippen LogP contribution in [0.1, 0.15) is 34.2 Å². The summed E-state index contributed by atoms with van der Waals surface area (Å²) in [5, 5.41) is 0. The zero-order valence-corrected chi connectivity index (χ0v) is 25.9. The Morgan fingerprint density at radius 3 is 1.93 bits per heavy atom. The molecule has 0 radical (unpaired) electrons. The fourth-order valence-corrected chi connectivity index (χ4v) is 7.03. The molecule has 6 aromatic carbocycles. The first kappa shape index (κ1) is 28.0. The Morgan fingerprint density at radius 1 is 0.500 bits per heavy atom. The number of hydrogen-bond donors (Lipinski definition) is 0. The third kappa shape index (κ3) is 5.26. The molecule has 0 unspecified atom stereocenters. The maximum Gasteiger partial charge on any atom is 0.247 e. The summed E-state index contributed by atoms with van der Waals surface area (Å²) in [7, 11) is 0. The quantitative estimate of drug-likeness (QED) is 0.174. The number of rotatable bonds is 7. The summed E-state index contributed by atoms with van der Waals surface area (Å²) in [6.07, 6.45) is 3.18. The van der Waals surface area contributed by atoms with E-state index in [9.17, 15) is 0 Å². The molecule has 0 saturated carbocycles. The number of fused-ring (bicyclic) bond motifs is 2. The van der Waals surface area contributed by atoms with Gasteiger partial charge in [0, 0.05) is 17.1 Å². The maximum absolute atomic E-state index is 2.55. The summed E-state index contributed by atoms with van der Waals surface area (Å²) in [6.45, 7) is 6.87. The summed E-state index contributed by atoms with van der Waals surface area (Å²) in [5.41, 5.74) is 17.3. The van der Waals surface area contributed by atoms with Crippen molar-refractivity contribution in [3.8, 4) is 11.1 Å². The standard InChI is InChI=1S/C42H38BN/c1-30-25-26-38-40(27-30)44(39-24-13-11-16-32(39)3)41-29-36(34-20-8-5-9-21-34)28-35(22-14-19-33-17-6-4-7-18-33)42(41)43(38)37-23-12-10-15-31(37)2/h4-13,15-18,20-21,23-29H,14,19,22H2,1-3H3. The van der Waals surface area contributed by atoms with E-state index in [0.29, 0.717) is 0 Å². The van der Waals surface area contributed by atoms with Crippen LogP contribution in [0.2, 0.25) is 0 Å². The van der Waals surface area contributed by atoms with Gasteiger partial charge in [0.05, 0.1) is 0 Å². The molecule has 0 amide bonds. The highest BCUT2D eigenvalue weighted by Crippen LogP contribution is 2.40. The first-order valence-electron chi connectivity index (χ1n) is 15.9. The van der Waals surface area contributed by atoms with Gasteiger partial charge in [-0.15, -0.1) is 0 Å². The topological polar surface area (TPSA) is 3.24 Å². The number of hydrogen-bond acceptors (Lipinski definition) is 1. The van der Waals surface area contributed by atoms with E-state index in [4.69, 9.17) is 0 Å². The van der Waals surface area contributed by atoms with Gasteiger partial charge in [-0.1, -0.05) is 138 Å². The van der Waals surface area contributed by atoms with E-state index in [0.717, 1.165) is 19.3 Å². The van der Waals surface area contributed by atoms with Gasteiger partial charge in [-0.05, 0) is 97.0 Å². The minimum absolute atomic E-state index is 0.151. The average Bonchev–Trinajstić information content (AvgIpc) is 3.05. The van der Waals surface area contributed by atoms with Gasteiger partial charge in [0.2, 0.25) is 6.71 Å². The zero-order chi connectivity index (χ0) is 30.0. The van der Waals surface area contributed by atoms with Gasteiger partial charge < -0.3 is 4.90 Å². The summed E-state index contributed by atoms with van der Waals surface area (Å²) >= 11 is 0. The van der Waals surface area contributed by atoms with Gasteiger partial charge >= 0.3 is 0 Å². The Hall–Kier alpha value is -4.82. The number of nitrogens with zero attached hydrogens (tertiary/aromatic N) is 1. The second-order valence-electron chi connectivity index (χ2n) is 12.2. The first-order chi connectivity index (χ1) is 21.6. The maximum atomic E-state index is 2.55. The Balaban J connectivity index is 1.51. The van der Waals surface area contributed by atoms with Crippen LogP contribution in [0.15, 0.2) is 140 Å². The molecule has 7 rings (SSSR count). The molecule has 0 aliphatic carbocycles. The molecular formula is C42H38BN. The van der Waals surface area contributed by atoms with E-state index >= 15 is 0 Å². The summed E-state index contributed by atoms with van der Waals surface area (Å²) in [5.74, 6) is 0. The molecule has 6 aromatic rings. The summed E-state index contributed by atoms with van der Waals surface area (Å²) in [6, 6.07) is 51.6. The van der Waals surface area contributed by atoms with Crippen molar-refractivity contribution in [2.45, 2.75) is 40.0 Å². The molecule has 0 saturated heterocycles. The number of para-hydroxylation sites is 1. The zero-order valence-electron chi connectivity index (χ0n) is 25.9. The Kier molecular flexibility index (Phi) is 7.67. The molecule has 0 N–H and O–H groups in total. The van der Waals surface area contributed by atoms with E-state index in [1.54, 1.807) is 0 Å². The largest absolute Gasteiger partial charge is 0.311 e. The van der Waals surface area contributed by atoms with Crippen molar-refractivity contribution in [3.63, 3.8) is 0 Å². The van der Waals surface area contributed by atoms with E-state index in [1.807, 2.05) is 0 Å². The monoisotopic (exact) mass is 567 g/mol. The third-order valence-corrected chi connectivity index (χ3v) is 9.23. The van der Waals surface area contributed by atoms with Crippen molar-refractivity contribution in [3.05, 3.63) is 167 Å². The fourth-order valence-electron chi connectivity index (χ4n) is 7.03. The van der Waals surface area contributed by atoms with Crippen molar-refractivity contribution < 1.29 is 0 Å². The second kappa shape index (κ2) is 12.1. The first-order valence-corrected chi connectivity index (χ1v) is 15.9. The highest BCUT2D eigenvalue weighted by atomic mass is 15.2. The average molecular weight is 568 g/mol. The van der Waals surface area contributed by atoms with Crippen molar-refractivity contribution in [2.24, 2.45) is 0 Å². The van der Waals surface area contributed by atoms with Crippen LogP contribution in [0.4, 0.5) is 17.1 Å². The SMILES string of the molecule is Cc1ccc2c(c1)N(c1ccccc1C)c1cc(-c3ccccc3)cc(CCCc3ccccc3)c1B2c1ccccc1C. The number of aryl methyl sites for hydroxylation is 5.